The van der Waals surface area contributed by atoms with Crippen molar-refractivity contribution in [2.75, 3.05) is 19.8 Å². The Morgan fingerprint density at radius 2 is 1.85 bits per heavy atom. The third-order valence-corrected chi connectivity index (χ3v) is 3.19. The van der Waals surface area contributed by atoms with Crippen molar-refractivity contribution in [3.8, 4) is 11.5 Å². The average Bonchev–Trinajstić information content (AvgIpc) is 2.34. The smallest absolute Gasteiger partial charge is 0.150 e. The van der Waals surface area contributed by atoms with Crippen LogP contribution >= 0.6 is 15.9 Å². The molecule has 106 valence electrons. The van der Waals surface area contributed by atoms with Gasteiger partial charge in [0.1, 0.15) is 17.3 Å². The van der Waals surface area contributed by atoms with Crippen molar-refractivity contribution in [3.63, 3.8) is 0 Å². The molecule has 20 heavy (non-hydrogen) atoms. The van der Waals surface area contributed by atoms with E-state index < -0.39 is 0 Å². The molecular formula is C15H16BrFN2O. The van der Waals surface area contributed by atoms with E-state index in [1.165, 1.54) is 12.1 Å². The number of rotatable bonds is 4. The highest BCUT2D eigenvalue weighted by molar-refractivity contribution is 9.10. The van der Waals surface area contributed by atoms with Gasteiger partial charge in [0, 0.05) is 16.6 Å². The standard InChI is InChI=1S/C15H16BrFN2O/c1-19(2)9-10-7-12(17)4-6-14(10)20-15-5-3-11(16)8-13(15)18/h3-8H,9,18H2,1-2H3. The van der Waals surface area contributed by atoms with Gasteiger partial charge in [0.15, 0.2) is 0 Å². The van der Waals surface area contributed by atoms with Crippen molar-refractivity contribution in [3.05, 3.63) is 52.3 Å². The number of hydrogen-bond donors (Lipinski definition) is 1. The lowest BCUT2D eigenvalue weighted by Gasteiger charge is -2.16. The minimum absolute atomic E-state index is 0.280. The molecule has 2 aromatic rings. The molecule has 0 heterocycles. The molecule has 0 fully saturated rings. The first-order chi connectivity index (χ1) is 9.45. The molecule has 0 aliphatic rings. The third-order valence-electron chi connectivity index (χ3n) is 2.70. The van der Waals surface area contributed by atoms with Gasteiger partial charge in [0.05, 0.1) is 5.69 Å². The molecule has 2 aromatic carbocycles. The van der Waals surface area contributed by atoms with Crippen LogP contribution in [0.4, 0.5) is 10.1 Å². The molecule has 0 aromatic heterocycles. The number of hydrogen-bond acceptors (Lipinski definition) is 3. The van der Waals surface area contributed by atoms with Gasteiger partial charge < -0.3 is 15.4 Å². The van der Waals surface area contributed by atoms with E-state index in [-0.39, 0.29) is 5.82 Å². The maximum Gasteiger partial charge on any atom is 0.150 e. The second-order valence-corrected chi connectivity index (χ2v) is 5.69. The van der Waals surface area contributed by atoms with Crippen molar-refractivity contribution < 1.29 is 9.13 Å². The summed E-state index contributed by atoms with van der Waals surface area (Å²) < 4.78 is 20.1. The molecule has 0 spiro atoms. The molecule has 0 radical (unpaired) electrons. The van der Waals surface area contributed by atoms with Crippen LogP contribution in [0.5, 0.6) is 11.5 Å². The molecule has 0 amide bonds. The zero-order valence-electron chi connectivity index (χ0n) is 11.4. The fraction of sp³-hybridized carbons (Fsp3) is 0.200. The van der Waals surface area contributed by atoms with Crippen molar-refractivity contribution in [2.45, 2.75) is 6.54 Å². The number of nitrogen functional groups attached to an aromatic ring is 1. The van der Waals surface area contributed by atoms with Crippen LogP contribution in [0.3, 0.4) is 0 Å². The summed E-state index contributed by atoms with van der Waals surface area (Å²) in [6, 6.07) is 9.87. The van der Waals surface area contributed by atoms with E-state index in [0.717, 1.165) is 10.0 Å². The first-order valence-electron chi connectivity index (χ1n) is 6.12. The average molecular weight is 339 g/mol. The molecule has 2 rings (SSSR count). The van der Waals surface area contributed by atoms with Crippen LogP contribution in [0.25, 0.3) is 0 Å². The van der Waals surface area contributed by atoms with Crippen LogP contribution in [-0.2, 0) is 6.54 Å². The topological polar surface area (TPSA) is 38.5 Å². The molecule has 2 N–H and O–H groups in total. The molecule has 5 heteroatoms. The summed E-state index contributed by atoms with van der Waals surface area (Å²) in [5.74, 6) is 0.881. The molecule has 3 nitrogen and oxygen atoms in total. The monoisotopic (exact) mass is 338 g/mol. The zero-order valence-corrected chi connectivity index (χ0v) is 12.9. The van der Waals surface area contributed by atoms with Crippen LogP contribution < -0.4 is 10.5 Å². The summed E-state index contributed by atoms with van der Waals surface area (Å²) in [6.45, 7) is 0.587. The molecule has 0 aliphatic heterocycles. The SMILES string of the molecule is CN(C)Cc1cc(F)ccc1Oc1ccc(Br)cc1N. The summed E-state index contributed by atoms with van der Waals surface area (Å²) in [6.07, 6.45) is 0. The second-order valence-electron chi connectivity index (χ2n) is 4.77. The fourth-order valence-corrected chi connectivity index (χ4v) is 2.22. The highest BCUT2D eigenvalue weighted by Gasteiger charge is 2.10. The normalized spacial score (nSPS) is 10.8. The number of benzene rings is 2. The van der Waals surface area contributed by atoms with E-state index in [0.29, 0.717) is 23.7 Å². The van der Waals surface area contributed by atoms with Gasteiger partial charge in [-0.05, 0) is 50.5 Å². The van der Waals surface area contributed by atoms with E-state index in [1.54, 1.807) is 18.2 Å². The van der Waals surface area contributed by atoms with Gasteiger partial charge in [0.2, 0.25) is 0 Å². The highest BCUT2D eigenvalue weighted by atomic mass is 79.9. The Morgan fingerprint density at radius 3 is 2.50 bits per heavy atom. The van der Waals surface area contributed by atoms with Crippen molar-refractivity contribution >= 4 is 21.6 Å². The molecule has 0 unspecified atom stereocenters. The van der Waals surface area contributed by atoms with Gasteiger partial charge in [-0.2, -0.15) is 0 Å². The Bertz CT molecular complexity index is 617. The molecule has 0 saturated carbocycles. The van der Waals surface area contributed by atoms with Crippen LogP contribution in [-0.4, -0.2) is 19.0 Å². The molecule has 0 atom stereocenters. The van der Waals surface area contributed by atoms with Crippen LogP contribution in [0.15, 0.2) is 40.9 Å². The van der Waals surface area contributed by atoms with Crippen LogP contribution in [0.1, 0.15) is 5.56 Å². The Labute approximate surface area is 126 Å². The minimum atomic E-state index is -0.280. The largest absolute Gasteiger partial charge is 0.455 e. The van der Waals surface area contributed by atoms with Crippen molar-refractivity contribution in [1.82, 2.24) is 4.90 Å². The lowest BCUT2D eigenvalue weighted by atomic mass is 10.2. The van der Waals surface area contributed by atoms with E-state index in [1.807, 2.05) is 25.1 Å². The van der Waals surface area contributed by atoms with E-state index in [4.69, 9.17) is 10.5 Å². The number of nitrogens with two attached hydrogens (primary N) is 1. The van der Waals surface area contributed by atoms with Crippen molar-refractivity contribution in [1.29, 1.82) is 0 Å². The molecular weight excluding hydrogens is 323 g/mol. The fourth-order valence-electron chi connectivity index (χ4n) is 1.84. The van der Waals surface area contributed by atoms with E-state index in [2.05, 4.69) is 15.9 Å². The Balaban J connectivity index is 2.32. The van der Waals surface area contributed by atoms with E-state index in [9.17, 15) is 4.39 Å². The van der Waals surface area contributed by atoms with Gasteiger partial charge in [-0.25, -0.2) is 4.39 Å². The summed E-state index contributed by atoms with van der Waals surface area (Å²) in [5, 5.41) is 0. The zero-order chi connectivity index (χ0) is 14.7. The Morgan fingerprint density at radius 1 is 1.15 bits per heavy atom. The molecule has 0 bridgehead atoms. The summed E-state index contributed by atoms with van der Waals surface area (Å²) >= 11 is 3.35. The highest BCUT2D eigenvalue weighted by Crippen LogP contribution is 2.32. The number of halogens is 2. The van der Waals surface area contributed by atoms with Gasteiger partial charge in [0.25, 0.3) is 0 Å². The van der Waals surface area contributed by atoms with Crippen LogP contribution in [0.2, 0.25) is 0 Å². The summed E-state index contributed by atoms with van der Waals surface area (Å²) in [5.41, 5.74) is 7.21. The molecule has 0 aliphatic carbocycles. The lowest BCUT2D eigenvalue weighted by Crippen LogP contribution is -2.11. The van der Waals surface area contributed by atoms with Gasteiger partial charge in [-0.15, -0.1) is 0 Å². The number of nitrogens with zero attached hydrogens (tertiary/aromatic N) is 1. The van der Waals surface area contributed by atoms with Crippen LogP contribution in [0, 0.1) is 5.82 Å². The molecule has 0 saturated heterocycles. The number of anilines is 1. The predicted molar refractivity (Wildman–Crippen MR) is 82.4 cm³/mol. The first-order valence-corrected chi connectivity index (χ1v) is 6.91. The van der Waals surface area contributed by atoms with Gasteiger partial charge >= 0.3 is 0 Å². The first kappa shape index (κ1) is 14.8. The summed E-state index contributed by atoms with van der Waals surface area (Å²) in [4.78, 5) is 1.95. The maximum absolute atomic E-state index is 13.4. The Hall–Kier alpha value is -1.59. The Kier molecular flexibility index (Phi) is 4.62. The second kappa shape index (κ2) is 6.24. The summed E-state index contributed by atoms with van der Waals surface area (Å²) in [7, 11) is 3.84. The minimum Gasteiger partial charge on any atom is -0.455 e. The number of ether oxygens (including phenoxy) is 1. The van der Waals surface area contributed by atoms with Crippen molar-refractivity contribution in [2.24, 2.45) is 0 Å². The van der Waals surface area contributed by atoms with Gasteiger partial charge in [-0.1, -0.05) is 15.9 Å². The quantitative estimate of drug-likeness (QED) is 0.855. The predicted octanol–water partition coefficient (Wildman–Crippen LogP) is 4.02. The maximum atomic E-state index is 13.4. The third kappa shape index (κ3) is 3.71. The van der Waals surface area contributed by atoms with Gasteiger partial charge in [-0.3, -0.25) is 0 Å². The van der Waals surface area contributed by atoms with E-state index >= 15 is 0 Å². The lowest BCUT2D eigenvalue weighted by molar-refractivity contribution is 0.387.